The van der Waals surface area contributed by atoms with E-state index in [-0.39, 0.29) is 11.9 Å². The molecule has 0 spiro atoms. The van der Waals surface area contributed by atoms with Crippen molar-refractivity contribution in [2.45, 2.75) is 52.5 Å². The average molecular weight is 370 g/mol. The van der Waals surface area contributed by atoms with E-state index in [9.17, 15) is 4.79 Å². The Hall–Kier alpha value is -2.49. The van der Waals surface area contributed by atoms with Gasteiger partial charge >= 0.3 is 0 Å². The molecular weight excluding hydrogens is 338 g/mol. The van der Waals surface area contributed by atoms with E-state index in [1.165, 1.54) is 0 Å². The Labute approximate surface area is 162 Å². The molecule has 0 unspecified atom stereocenters. The Balaban J connectivity index is 1.89. The van der Waals surface area contributed by atoms with Crippen LogP contribution in [0, 0.1) is 6.92 Å². The fourth-order valence-corrected chi connectivity index (χ4v) is 3.14. The number of hydrogen-bond donors (Lipinski definition) is 1. The summed E-state index contributed by atoms with van der Waals surface area (Å²) in [6, 6.07) is 13.8. The van der Waals surface area contributed by atoms with E-state index in [0.29, 0.717) is 25.4 Å². The van der Waals surface area contributed by atoms with Crippen LogP contribution in [0.3, 0.4) is 0 Å². The van der Waals surface area contributed by atoms with Crippen LogP contribution in [0.2, 0.25) is 0 Å². The molecule has 2 aromatic carbocycles. The van der Waals surface area contributed by atoms with Crippen LogP contribution in [0.1, 0.15) is 62.3 Å². The SMILES string of the molecule is COc1cc(C)c([C@H](C)NC(=O)CCCOc2ccccc2)cc1C(C)C. The Morgan fingerprint density at radius 3 is 2.41 bits per heavy atom. The predicted octanol–water partition coefficient (Wildman–Crippen LogP) is 5.16. The number of para-hydroxylation sites is 1. The van der Waals surface area contributed by atoms with E-state index < -0.39 is 0 Å². The molecule has 1 atom stereocenters. The van der Waals surface area contributed by atoms with Crippen molar-refractivity contribution in [3.05, 3.63) is 59.2 Å². The third-order valence-corrected chi connectivity index (χ3v) is 4.64. The van der Waals surface area contributed by atoms with E-state index in [0.717, 1.165) is 28.2 Å². The van der Waals surface area contributed by atoms with Crippen LogP contribution in [0.25, 0.3) is 0 Å². The van der Waals surface area contributed by atoms with E-state index >= 15 is 0 Å². The van der Waals surface area contributed by atoms with Crippen LogP contribution in [0.5, 0.6) is 11.5 Å². The number of amides is 1. The molecule has 27 heavy (non-hydrogen) atoms. The zero-order valence-electron chi connectivity index (χ0n) is 17.0. The molecule has 0 fully saturated rings. The van der Waals surface area contributed by atoms with Gasteiger partial charge in [0.05, 0.1) is 19.8 Å². The lowest BCUT2D eigenvalue weighted by Crippen LogP contribution is -2.27. The first-order chi connectivity index (χ1) is 12.9. The van der Waals surface area contributed by atoms with Gasteiger partial charge in [-0.2, -0.15) is 0 Å². The third kappa shape index (κ3) is 6.02. The van der Waals surface area contributed by atoms with Crippen LogP contribution in [-0.2, 0) is 4.79 Å². The summed E-state index contributed by atoms with van der Waals surface area (Å²) in [5.41, 5.74) is 3.42. The van der Waals surface area contributed by atoms with E-state index in [2.05, 4.69) is 38.2 Å². The minimum atomic E-state index is -0.0454. The van der Waals surface area contributed by atoms with Gasteiger partial charge in [-0.1, -0.05) is 32.0 Å². The number of benzene rings is 2. The fourth-order valence-electron chi connectivity index (χ4n) is 3.14. The van der Waals surface area contributed by atoms with Crippen molar-refractivity contribution in [2.24, 2.45) is 0 Å². The first-order valence-electron chi connectivity index (χ1n) is 9.58. The van der Waals surface area contributed by atoms with Crippen LogP contribution < -0.4 is 14.8 Å². The monoisotopic (exact) mass is 369 g/mol. The number of methoxy groups -OCH3 is 1. The van der Waals surface area contributed by atoms with Gasteiger partial charge < -0.3 is 14.8 Å². The van der Waals surface area contributed by atoms with Gasteiger partial charge in [0.2, 0.25) is 5.91 Å². The Bertz CT molecular complexity index is 741. The Morgan fingerprint density at radius 1 is 1.07 bits per heavy atom. The van der Waals surface area contributed by atoms with E-state index in [4.69, 9.17) is 9.47 Å². The summed E-state index contributed by atoms with van der Waals surface area (Å²) in [7, 11) is 1.70. The van der Waals surface area contributed by atoms with Crippen molar-refractivity contribution in [3.8, 4) is 11.5 Å². The summed E-state index contributed by atoms with van der Waals surface area (Å²) in [5.74, 6) is 2.14. The fraction of sp³-hybridized carbons (Fsp3) is 0.435. The summed E-state index contributed by atoms with van der Waals surface area (Å²) < 4.78 is 11.1. The molecule has 1 amide bonds. The molecule has 0 radical (unpaired) electrons. The molecule has 2 rings (SSSR count). The minimum Gasteiger partial charge on any atom is -0.496 e. The molecule has 2 aromatic rings. The second kappa shape index (κ2) is 10.0. The van der Waals surface area contributed by atoms with Crippen molar-refractivity contribution in [1.82, 2.24) is 5.32 Å². The second-order valence-corrected chi connectivity index (χ2v) is 7.16. The molecule has 0 aromatic heterocycles. The molecule has 146 valence electrons. The molecule has 0 saturated carbocycles. The van der Waals surface area contributed by atoms with E-state index in [1.54, 1.807) is 7.11 Å². The minimum absolute atomic E-state index is 0.0421. The summed E-state index contributed by atoms with van der Waals surface area (Å²) in [6.07, 6.45) is 1.13. The summed E-state index contributed by atoms with van der Waals surface area (Å²) >= 11 is 0. The molecule has 0 heterocycles. The zero-order valence-corrected chi connectivity index (χ0v) is 17.0. The molecular formula is C23H31NO3. The maximum Gasteiger partial charge on any atom is 0.220 e. The summed E-state index contributed by atoms with van der Waals surface area (Å²) in [6.45, 7) is 8.90. The normalized spacial score (nSPS) is 11.9. The smallest absolute Gasteiger partial charge is 0.220 e. The standard InChI is InChI=1S/C23H31NO3/c1-16(2)20-15-21(17(3)14-22(20)26-5)18(4)24-23(25)12-9-13-27-19-10-7-6-8-11-19/h6-8,10-11,14-16,18H,9,12-13H2,1-5H3,(H,24,25)/t18-/m0/s1. The molecule has 0 aliphatic rings. The first kappa shape index (κ1) is 20.8. The predicted molar refractivity (Wildman–Crippen MR) is 110 cm³/mol. The van der Waals surface area contributed by atoms with Gasteiger partial charge in [0.1, 0.15) is 11.5 Å². The van der Waals surface area contributed by atoms with Crippen LogP contribution in [0.15, 0.2) is 42.5 Å². The van der Waals surface area contributed by atoms with Gasteiger partial charge in [0, 0.05) is 6.42 Å². The number of carbonyl (C=O) groups excluding carboxylic acids is 1. The van der Waals surface area contributed by atoms with Crippen LogP contribution >= 0.6 is 0 Å². The van der Waals surface area contributed by atoms with Gasteiger partial charge in [0.25, 0.3) is 0 Å². The quantitative estimate of drug-likeness (QED) is 0.621. The molecule has 1 N–H and O–H groups in total. The summed E-state index contributed by atoms with van der Waals surface area (Å²) in [4.78, 5) is 12.3. The molecule has 4 nitrogen and oxygen atoms in total. The lowest BCUT2D eigenvalue weighted by Gasteiger charge is -2.21. The van der Waals surface area contributed by atoms with Crippen molar-refractivity contribution < 1.29 is 14.3 Å². The molecule has 4 heteroatoms. The van der Waals surface area contributed by atoms with Crippen LogP contribution in [0.4, 0.5) is 0 Å². The highest BCUT2D eigenvalue weighted by Crippen LogP contribution is 2.32. The largest absolute Gasteiger partial charge is 0.496 e. The zero-order chi connectivity index (χ0) is 19.8. The highest BCUT2D eigenvalue weighted by atomic mass is 16.5. The number of aryl methyl sites for hydroxylation is 1. The number of nitrogens with one attached hydrogen (secondary N) is 1. The topological polar surface area (TPSA) is 47.6 Å². The lowest BCUT2D eigenvalue weighted by atomic mass is 9.93. The summed E-state index contributed by atoms with van der Waals surface area (Å²) in [5, 5.41) is 3.10. The first-order valence-corrected chi connectivity index (χ1v) is 9.58. The van der Waals surface area contributed by atoms with E-state index in [1.807, 2.05) is 37.3 Å². The van der Waals surface area contributed by atoms with Crippen molar-refractivity contribution >= 4 is 5.91 Å². The van der Waals surface area contributed by atoms with Crippen molar-refractivity contribution in [1.29, 1.82) is 0 Å². The maximum atomic E-state index is 12.3. The molecule has 0 bridgehead atoms. The maximum absolute atomic E-state index is 12.3. The van der Waals surface area contributed by atoms with Crippen LogP contribution in [-0.4, -0.2) is 19.6 Å². The third-order valence-electron chi connectivity index (χ3n) is 4.64. The molecule has 0 saturated heterocycles. The van der Waals surface area contributed by atoms with Gasteiger partial charge in [-0.25, -0.2) is 0 Å². The highest BCUT2D eigenvalue weighted by Gasteiger charge is 2.16. The Kier molecular flexibility index (Phi) is 7.71. The number of rotatable bonds is 9. The van der Waals surface area contributed by atoms with Gasteiger partial charge in [0.15, 0.2) is 0 Å². The number of hydrogen-bond acceptors (Lipinski definition) is 3. The molecule has 0 aliphatic heterocycles. The van der Waals surface area contributed by atoms with Gasteiger partial charge in [-0.05, 0) is 67.1 Å². The second-order valence-electron chi connectivity index (χ2n) is 7.16. The van der Waals surface area contributed by atoms with Crippen molar-refractivity contribution in [2.75, 3.05) is 13.7 Å². The van der Waals surface area contributed by atoms with Crippen molar-refractivity contribution in [3.63, 3.8) is 0 Å². The van der Waals surface area contributed by atoms with Gasteiger partial charge in [-0.3, -0.25) is 4.79 Å². The van der Waals surface area contributed by atoms with Gasteiger partial charge in [-0.15, -0.1) is 0 Å². The number of ether oxygens (including phenoxy) is 2. The lowest BCUT2D eigenvalue weighted by molar-refractivity contribution is -0.121. The highest BCUT2D eigenvalue weighted by molar-refractivity contribution is 5.76. The molecule has 0 aliphatic carbocycles. The average Bonchev–Trinajstić information content (AvgIpc) is 2.65. The Morgan fingerprint density at radius 2 is 1.78 bits per heavy atom. The number of carbonyl (C=O) groups is 1.